The van der Waals surface area contributed by atoms with E-state index in [1.54, 1.807) is 24.3 Å². The summed E-state index contributed by atoms with van der Waals surface area (Å²) in [4.78, 5) is 54.0. The maximum atomic E-state index is 14.2. The highest BCUT2D eigenvalue weighted by molar-refractivity contribution is 6.05. The molecule has 50 heavy (non-hydrogen) atoms. The lowest BCUT2D eigenvalue weighted by Crippen LogP contribution is -2.34. The Morgan fingerprint density at radius 1 is 0.540 bits per heavy atom. The first-order chi connectivity index (χ1) is 23.8. The highest BCUT2D eigenvalue weighted by Crippen LogP contribution is 2.50. The number of aromatic hydroxyl groups is 4. The van der Waals surface area contributed by atoms with Crippen LogP contribution in [0, 0.1) is 25.5 Å². The van der Waals surface area contributed by atoms with Gasteiger partial charge in [-0.3, -0.25) is 19.2 Å². The molecular formula is C40H32F2O8. The zero-order valence-electron chi connectivity index (χ0n) is 27.2. The smallest absolute Gasteiger partial charge is 0.229 e. The van der Waals surface area contributed by atoms with Crippen LogP contribution in [-0.2, 0) is 25.7 Å². The number of hydrogen-bond donors (Lipinski definition) is 4. The third kappa shape index (κ3) is 5.87. The summed E-state index contributed by atoms with van der Waals surface area (Å²) in [6.07, 6.45) is 1.78. The number of fused-ring (bicyclic) bond motifs is 2. The quantitative estimate of drug-likeness (QED) is 0.0828. The molecule has 0 unspecified atom stereocenters. The fourth-order valence-electron chi connectivity index (χ4n) is 6.86. The summed E-state index contributed by atoms with van der Waals surface area (Å²) in [7, 11) is 0. The maximum absolute atomic E-state index is 14.2. The number of hydrogen-bond acceptors (Lipinski definition) is 8. The van der Waals surface area contributed by atoms with E-state index in [0.717, 1.165) is 23.3 Å². The SMILES string of the molecule is Cc1c(-c2c(C)c(=O)c3c(CCCc4ccc(F)cc4)c(=O)c(=O)cc-3c2=O)c(O)c2cc(O)c(O)c(CCCc3ccc(F)cc3)c2c1O. The number of phenols is 4. The molecule has 0 amide bonds. The largest absolute Gasteiger partial charge is 0.507 e. The summed E-state index contributed by atoms with van der Waals surface area (Å²) in [5, 5.41) is 44.6. The van der Waals surface area contributed by atoms with Gasteiger partial charge in [-0.15, -0.1) is 0 Å². The second-order valence-corrected chi connectivity index (χ2v) is 12.6. The van der Waals surface area contributed by atoms with Crippen LogP contribution < -0.4 is 21.7 Å². The predicted octanol–water partition coefficient (Wildman–Crippen LogP) is 6.00. The molecule has 0 heterocycles. The van der Waals surface area contributed by atoms with E-state index in [-0.39, 0.29) is 73.9 Å². The van der Waals surface area contributed by atoms with Gasteiger partial charge in [0.2, 0.25) is 10.9 Å². The normalized spacial score (nSPS) is 11.5. The van der Waals surface area contributed by atoms with Crippen LogP contribution in [0.25, 0.3) is 33.0 Å². The highest BCUT2D eigenvalue weighted by Gasteiger charge is 2.30. The molecule has 4 aromatic carbocycles. The second kappa shape index (κ2) is 13.2. The summed E-state index contributed by atoms with van der Waals surface area (Å²) in [6.45, 7) is 2.77. The van der Waals surface area contributed by atoms with Gasteiger partial charge in [-0.25, -0.2) is 8.78 Å². The van der Waals surface area contributed by atoms with Gasteiger partial charge in [0.1, 0.15) is 23.1 Å². The Morgan fingerprint density at radius 2 is 1.08 bits per heavy atom. The number of aryl methyl sites for hydroxylation is 3. The Balaban J connectivity index is 1.47. The van der Waals surface area contributed by atoms with E-state index in [9.17, 15) is 48.4 Å². The van der Waals surface area contributed by atoms with Crippen molar-refractivity contribution in [1.82, 2.24) is 0 Å². The fraction of sp³-hybridized carbons (Fsp3) is 0.200. The molecule has 8 nitrogen and oxygen atoms in total. The lowest BCUT2D eigenvalue weighted by molar-refractivity contribution is 0.399. The average molecular weight is 679 g/mol. The minimum Gasteiger partial charge on any atom is -0.507 e. The van der Waals surface area contributed by atoms with Crippen LogP contribution in [0.1, 0.15) is 46.2 Å². The van der Waals surface area contributed by atoms with E-state index in [1.807, 2.05) is 0 Å². The molecule has 4 N–H and O–H groups in total. The van der Waals surface area contributed by atoms with E-state index in [0.29, 0.717) is 25.7 Å². The van der Waals surface area contributed by atoms with Crippen LogP contribution in [-0.4, -0.2) is 20.4 Å². The zero-order chi connectivity index (χ0) is 36.0. The molecule has 254 valence electrons. The van der Waals surface area contributed by atoms with Crippen LogP contribution in [0.5, 0.6) is 23.0 Å². The lowest BCUT2D eigenvalue weighted by atomic mass is 9.84. The van der Waals surface area contributed by atoms with Gasteiger partial charge in [0.05, 0.1) is 0 Å². The molecule has 0 saturated carbocycles. The van der Waals surface area contributed by atoms with Crippen molar-refractivity contribution in [2.24, 2.45) is 0 Å². The summed E-state index contributed by atoms with van der Waals surface area (Å²) >= 11 is 0. The molecule has 0 aliphatic heterocycles. The van der Waals surface area contributed by atoms with Gasteiger partial charge >= 0.3 is 0 Å². The van der Waals surface area contributed by atoms with Crippen molar-refractivity contribution < 1.29 is 29.2 Å². The highest BCUT2D eigenvalue weighted by atomic mass is 19.1. The standard InChI is InChI=1S/C40H32F2O8/c1-19-31(39(49)27-17-29(43)37(47)25(33(27)35(19)45)7-3-5-21-9-13-23(41)14-10-21)32-20(2)36(46)34-26(38(48)30(44)18-28(34)40(32)50)8-4-6-22-11-15-24(42)16-12-22/h9-18,43,45,47,49H,3-8H2,1-2H3. The van der Waals surface area contributed by atoms with E-state index in [1.165, 1.54) is 38.1 Å². The lowest BCUT2D eigenvalue weighted by Gasteiger charge is -2.20. The molecule has 6 rings (SSSR count). The molecule has 0 aromatic heterocycles. The van der Waals surface area contributed by atoms with Crippen LogP contribution in [0.15, 0.2) is 79.8 Å². The van der Waals surface area contributed by atoms with Gasteiger partial charge < -0.3 is 20.4 Å². The second-order valence-electron chi connectivity index (χ2n) is 12.6. The first-order valence-electron chi connectivity index (χ1n) is 16.1. The number of phenolic OH excluding ortho intramolecular Hbond substituents is 4. The summed E-state index contributed by atoms with van der Waals surface area (Å²) in [5.41, 5.74) is -2.83. The van der Waals surface area contributed by atoms with Gasteiger partial charge in [0.25, 0.3) is 0 Å². The van der Waals surface area contributed by atoms with Crippen LogP contribution in [0.4, 0.5) is 8.78 Å². The van der Waals surface area contributed by atoms with Crippen LogP contribution in [0.2, 0.25) is 0 Å². The Kier molecular flexibility index (Phi) is 8.96. The molecule has 4 aromatic rings. The third-order valence-corrected chi connectivity index (χ3v) is 9.46. The van der Waals surface area contributed by atoms with Gasteiger partial charge in [-0.05, 0) is 93.8 Å². The molecule has 2 aliphatic carbocycles. The van der Waals surface area contributed by atoms with Crippen molar-refractivity contribution in [3.63, 3.8) is 0 Å². The molecule has 2 aliphatic rings. The molecule has 0 radical (unpaired) electrons. The van der Waals surface area contributed by atoms with Gasteiger partial charge in [0, 0.05) is 61.3 Å². The van der Waals surface area contributed by atoms with E-state index >= 15 is 0 Å². The van der Waals surface area contributed by atoms with E-state index < -0.39 is 50.5 Å². The van der Waals surface area contributed by atoms with E-state index in [4.69, 9.17) is 0 Å². The van der Waals surface area contributed by atoms with Crippen molar-refractivity contribution in [2.45, 2.75) is 52.4 Å². The molecule has 0 spiro atoms. The van der Waals surface area contributed by atoms with E-state index in [2.05, 4.69) is 0 Å². The number of halogens is 2. The first-order valence-corrected chi connectivity index (χ1v) is 16.1. The predicted molar refractivity (Wildman–Crippen MR) is 186 cm³/mol. The first kappa shape index (κ1) is 34.0. The van der Waals surface area contributed by atoms with Gasteiger partial charge in [-0.2, -0.15) is 0 Å². The minimum atomic E-state index is -0.978. The summed E-state index contributed by atoms with van der Waals surface area (Å²) in [5.74, 6) is -2.84. The number of benzene rings is 6. The third-order valence-electron chi connectivity index (χ3n) is 9.46. The Bertz CT molecular complexity index is 2480. The molecule has 10 heteroatoms. The van der Waals surface area contributed by atoms with Crippen molar-refractivity contribution in [1.29, 1.82) is 0 Å². The number of rotatable bonds is 9. The molecule has 0 fully saturated rings. The average Bonchev–Trinajstić information content (AvgIpc) is 3.09. The Hall–Kier alpha value is -5.90. The van der Waals surface area contributed by atoms with Crippen molar-refractivity contribution >= 4 is 10.8 Å². The Labute approximate surface area is 283 Å². The molecular weight excluding hydrogens is 646 g/mol. The monoisotopic (exact) mass is 678 g/mol. The molecule has 0 bridgehead atoms. The molecule has 0 saturated heterocycles. The maximum Gasteiger partial charge on any atom is 0.229 e. The summed E-state index contributed by atoms with van der Waals surface area (Å²) < 4.78 is 26.7. The van der Waals surface area contributed by atoms with Crippen molar-refractivity contribution in [3.8, 4) is 45.3 Å². The van der Waals surface area contributed by atoms with Crippen LogP contribution in [0.3, 0.4) is 0 Å². The van der Waals surface area contributed by atoms with Gasteiger partial charge in [0.15, 0.2) is 22.4 Å². The van der Waals surface area contributed by atoms with Gasteiger partial charge in [-0.1, -0.05) is 24.3 Å². The van der Waals surface area contributed by atoms with Crippen molar-refractivity contribution in [2.75, 3.05) is 0 Å². The molecule has 0 atom stereocenters. The minimum absolute atomic E-state index is 0.00105. The topological polar surface area (TPSA) is 149 Å². The van der Waals surface area contributed by atoms with Crippen LogP contribution >= 0.6 is 0 Å². The zero-order valence-corrected chi connectivity index (χ0v) is 27.2. The fourth-order valence-corrected chi connectivity index (χ4v) is 6.86. The van der Waals surface area contributed by atoms with Crippen molar-refractivity contribution in [3.05, 3.63) is 147 Å². The Morgan fingerprint density at radius 3 is 1.64 bits per heavy atom. The summed E-state index contributed by atoms with van der Waals surface area (Å²) in [6, 6.07) is 13.5.